The molecule has 5 N–H and O–H groups in total. The number of ether oxygens (including phenoxy) is 2. The highest BCUT2D eigenvalue weighted by Gasteiger charge is 2.56. The normalized spacial score (nSPS) is 24.1. The lowest BCUT2D eigenvalue weighted by Crippen LogP contribution is -2.50. The molecule has 0 aliphatic carbocycles. The van der Waals surface area contributed by atoms with Gasteiger partial charge in [0.05, 0.1) is 45.0 Å². The van der Waals surface area contributed by atoms with Crippen LogP contribution in [0.4, 0.5) is 16.2 Å². The van der Waals surface area contributed by atoms with Crippen LogP contribution in [-0.4, -0.2) is 126 Å². The Hall–Kier alpha value is -4.91. The zero-order valence-corrected chi connectivity index (χ0v) is 41.9. The van der Waals surface area contributed by atoms with Crippen molar-refractivity contribution in [1.82, 2.24) is 39.0 Å². The van der Waals surface area contributed by atoms with Gasteiger partial charge in [-0.15, -0.1) is 9.42 Å². The first-order valence-corrected chi connectivity index (χ1v) is 28.1. The van der Waals surface area contributed by atoms with Crippen molar-refractivity contribution in [3.63, 3.8) is 0 Å². The molecule has 10 atom stereocenters. The number of fused-ring (bicyclic) bond motifs is 2. The van der Waals surface area contributed by atoms with Crippen LogP contribution in [0.5, 0.6) is 0 Å². The number of aromatic amines is 1. The third-order valence-corrected chi connectivity index (χ3v) is 18.9. The monoisotopic (exact) mass is 1030 g/mol. The van der Waals surface area contributed by atoms with Gasteiger partial charge in [0.2, 0.25) is 11.9 Å². The number of rotatable bonds is 19. The highest BCUT2D eigenvalue weighted by atomic mass is 32.5. The van der Waals surface area contributed by atoms with Crippen molar-refractivity contribution in [1.29, 1.82) is 5.26 Å². The molecule has 2 aliphatic heterocycles. The molecule has 7 rings (SSSR count). The summed E-state index contributed by atoms with van der Waals surface area (Å²) in [6, 6.07) is 10.3. The van der Waals surface area contributed by atoms with E-state index in [1.807, 2.05) is 39.9 Å². The summed E-state index contributed by atoms with van der Waals surface area (Å²) >= 11 is 5.86. The van der Waals surface area contributed by atoms with Crippen molar-refractivity contribution >= 4 is 81.0 Å². The van der Waals surface area contributed by atoms with Crippen LogP contribution < -0.4 is 16.2 Å². The summed E-state index contributed by atoms with van der Waals surface area (Å²) in [6.45, 7) is 7.23. The number of hydrogen-bond acceptors (Lipinski definition) is 19. The summed E-state index contributed by atoms with van der Waals surface area (Å²) in [5.41, 5.74) is -0.421. The Morgan fingerprint density at radius 1 is 1.01 bits per heavy atom. The highest BCUT2D eigenvalue weighted by molar-refractivity contribution is 8.07. The van der Waals surface area contributed by atoms with E-state index in [4.69, 9.17) is 43.8 Å². The van der Waals surface area contributed by atoms with Gasteiger partial charge in [0.25, 0.3) is 11.5 Å². The van der Waals surface area contributed by atoms with E-state index in [0.717, 1.165) is 6.33 Å². The number of aliphatic hydroxyl groups is 1. The minimum atomic E-state index is -4.19. The van der Waals surface area contributed by atoms with Crippen LogP contribution in [0.2, 0.25) is 18.1 Å². The van der Waals surface area contributed by atoms with Crippen molar-refractivity contribution in [3.8, 4) is 6.07 Å². The van der Waals surface area contributed by atoms with Crippen molar-refractivity contribution in [2.24, 2.45) is 5.92 Å². The fourth-order valence-electron chi connectivity index (χ4n) is 7.08. The molecule has 29 heteroatoms. The number of amides is 2. The Labute approximate surface area is 400 Å². The second-order valence-electron chi connectivity index (χ2n) is 17.7. The van der Waals surface area contributed by atoms with Gasteiger partial charge >= 0.3 is 15.0 Å². The van der Waals surface area contributed by atoms with Gasteiger partial charge in [0.15, 0.2) is 61.2 Å². The molecule has 2 unspecified atom stereocenters. The smallest absolute Gasteiger partial charge is 0.408 e. The maximum Gasteiger partial charge on any atom is 0.695 e. The van der Waals surface area contributed by atoms with Crippen LogP contribution in [0, 0.1) is 17.2 Å². The summed E-state index contributed by atoms with van der Waals surface area (Å²) in [6.07, 6.45) is -8.45. The van der Waals surface area contributed by atoms with Crippen LogP contribution in [-0.2, 0) is 53.2 Å². The van der Waals surface area contributed by atoms with E-state index < -0.39 is 114 Å². The number of anilines is 2. The number of carbonyl (C=O) groups is 2. The molecule has 5 aromatic rings. The van der Waals surface area contributed by atoms with Crippen LogP contribution in [0.3, 0.4) is 0 Å². The van der Waals surface area contributed by atoms with Gasteiger partial charge in [0, 0.05) is 16.0 Å². The molecule has 6 heterocycles. The van der Waals surface area contributed by atoms with Gasteiger partial charge in [0.1, 0.15) is 30.7 Å². The lowest BCUT2D eigenvalue weighted by atomic mass is 10.1. The Balaban J connectivity index is 1.19. The van der Waals surface area contributed by atoms with Crippen LogP contribution >= 0.6 is 15.0 Å². The number of aromatic nitrogens is 8. The van der Waals surface area contributed by atoms with E-state index in [0.29, 0.717) is 5.56 Å². The standard InChI is InChI=1S/C40H50FN11O13P2SSi/c1-21(2)34(54)49-39-48-33-27(36(56)50-39)46-20-52(33)38-30(63-66(57)58)29(65-69(6,7)40(3,4)5)24(62-38)17-60-67(68,59-15-11-14-42)64-28-23(16-53)61-37(25(28)41)51-19-45-26-31(43-18-44-32(26)51)47-35(55)22-12-9-8-10-13-22/h8-10,12-13,18-21,23-25,28-30,37-38,53H,11,15-17H2,1-7H3,(H3-,43,44,47,48,49,50,54,55,56,57,58)/p+1/t23-,24-,25-,28-,29-,30-,37-,38-,67?/m1/s1. The number of halogens is 1. The molecule has 1 aromatic carbocycles. The van der Waals surface area contributed by atoms with Crippen LogP contribution in [0.15, 0.2) is 54.1 Å². The third kappa shape index (κ3) is 11.3. The quantitative estimate of drug-likeness (QED) is 0.0417. The van der Waals surface area contributed by atoms with E-state index in [2.05, 4.69) is 40.5 Å². The maximum absolute atomic E-state index is 16.9. The SMILES string of the molecule is CC(C)C(=O)Nc1nc2c(ncn2[C@@H]2O[C@H](COP(=S)(OCCC#N)O[C@H]3[C@@H](F)[C@H](n4cnc5c(NC(=O)c6ccccc6)ncnc54)O[C@@H]3CO)[C@@H](O[Si](C)(C)C(C)(C)C)[C@H]2O[P+](=O)O)c(=O)[nH]1. The first kappa shape index (κ1) is 51.9. The van der Waals surface area contributed by atoms with Crippen molar-refractivity contribution in [3.05, 3.63) is 65.2 Å². The third-order valence-electron chi connectivity index (χ3n) is 11.7. The molecule has 2 fully saturated rings. The summed E-state index contributed by atoms with van der Waals surface area (Å²) in [7, 11) is -6.17. The zero-order chi connectivity index (χ0) is 50.0. The number of nitriles is 1. The molecule has 2 aliphatic rings. The van der Waals surface area contributed by atoms with Gasteiger partial charge in [-0.25, -0.2) is 24.3 Å². The second-order valence-corrected chi connectivity index (χ2v) is 26.1. The number of benzene rings is 1. The van der Waals surface area contributed by atoms with E-state index in [9.17, 15) is 34.2 Å². The molecule has 370 valence electrons. The first-order chi connectivity index (χ1) is 32.6. The molecule has 0 saturated carbocycles. The molecule has 0 bridgehead atoms. The van der Waals surface area contributed by atoms with E-state index in [-0.39, 0.29) is 47.1 Å². The van der Waals surface area contributed by atoms with Gasteiger partial charge in [-0.3, -0.25) is 38.3 Å². The molecule has 2 amide bonds. The second kappa shape index (κ2) is 21.2. The zero-order valence-electron chi connectivity index (χ0n) is 38.3. The molecular weight excluding hydrogens is 984 g/mol. The number of carbonyl (C=O) groups excluding carboxylic acids is 2. The van der Waals surface area contributed by atoms with E-state index in [1.54, 1.807) is 44.2 Å². The lowest BCUT2D eigenvalue weighted by Gasteiger charge is -2.40. The Bertz CT molecular complexity index is 2850. The van der Waals surface area contributed by atoms with Gasteiger partial charge in [-0.2, -0.15) is 10.2 Å². The summed E-state index contributed by atoms with van der Waals surface area (Å²) in [5, 5.41) is 24.7. The number of alkyl halides is 1. The average molecular weight is 1040 g/mol. The van der Waals surface area contributed by atoms with Crippen LogP contribution in [0.1, 0.15) is 63.9 Å². The summed E-state index contributed by atoms with van der Waals surface area (Å²) in [4.78, 5) is 72.8. The topological polar surface area (TPSA) is 311 Å². The number of H-pyrrole nitrogens is 1. The number of aliphatic hydroxyl groups excluding tert-OH is 1. The summed E-state index contributed by atoms with van der Waals surface area (Å²) < 4.78 is 75.4. The first-order valence-electron chi connectivity index (χ1n) is 21.5. The Morgan fingerprint density at radius 3 is 2.35 bits per heavy atom. The largest absolute Gasteiger partial charge is 0.695 e. The Morgan fingerprint density at radius 2 is 1.70 bits per heavy atom. The van der Waals surface area contributed by atoms with Crippen molar-refractivity contribution < 1.29 is 60.5 Å². The molecule has 0 spiro atoms. The molecule has 69 heavy (non-hydrogen) atoms. The number of hydrogen-bond donors (Lipinski definition) is 5. The van der Waals surface area contributed by atoms with Gasteiger partial charge in [-0.1, -0.05) is 52.8 Å². The van der Waals surface area contributed by atoms with Gasteiger partial charge in [-0.05, 0) is 42.1 Å². The lowest BCUT2D eigenvalue weighted by molar-refractivity contribution is -0.118. The van der Waals surface area contributed by atoms with E-state index >= 15 is 4.39 Å². The molecule has 24 nitrogen and oxygen atoms in total. The summed E-state index contributed by atoms with van der Waals surface area (Å²) in [5.74, 6) is -1.54. The molecular formula is C40H51FN11O13P2SSi+. The number of nitrogens with one attached hydrogen (secondary N) is 3. The fraction of sp³-hybridized carbons (Fsp3) is 0.525. The molecule has 2 saturated heterocycles. The fourth-order valence-corrected chi connectivity index (χ4v) is 10.9. The molecule has 4 aromatic heterocycles. The van der Waals surface area contributed by atoms with E-state index in [1.165, 1.54) is 21.8 Å². The predicted octanol–water partition coefficient (Wildman–Crippen LogP) is 4.91. The predicted molar refractivity (Wildman–Crippen MR) is 249 cm³/mol. The minimum Gasteiger partial charge on any atom is -0.408 e. The average Bonchev–Trinajstić information content (AvgIpc) is 4.07. The highest BCUT2D eigenvalue weighted by Crippen LogP contribution is 2.55. The Kier molecular flexibility index (Phi) is 16.0. The minimum absolute atomic E-state index is 0.0408. The number of nitrogens with zero attached hydrogens (tertiary/aromatic N) is 8. The van der Waals surface area contributed by atoms with Crippen LogP contribution in [0.25, 0.3) is 22.3 Å². The number of imidazole rings is 2. The van der Waals surface area contributed by atoms with Crippen molar-refractivity contribution in [2.45, 2.75) is 108 Å². The molecule has 0 radical (unpaired) electrons. The van der Waals surface area contributed by atoms with Gasteiger partial charge < -0.3 is 33.4 Å². The maximum atomic E-state index is 16.9. The van der Waals surface area contributed by atoms with Crippen molar-refractivity contribution in [2.75, 3.05) is 30.5 Å².